The highest BCUT2D eigenvalue weighted by Gasteiger charge is 2.40. The normalized spacial score (nSPS) is 18.8. The van der Waals surface area contributed by atoms with Gasteiger partial charge in [0.2, 0.25) is 8.32 Å². The molecular weight excluding hydrogens is 545 g/mol. The van der Waals surface area contributed by atoms with E-state index in [1.165, 1.54) is 31.4 Å². The molecule has 0 aromatic heterocycles. The van der Waals surface area contributed by atoms with Gasteiger partial charge in [-0.3, -0.25) is 4.90 Å². The molecule has 1 fully saturated rings. The minimum atomic E-state index is -2.01. The second kappa shape index (κ2) is 11.4. The first-order valence-corrected chi connectivity index (χ1v) is 18.1. The third kappa shape index (κ3) is 5.82. The van der Waals surface area contributed by atoms with Crippen molar-refractivity contribution >= 4 is 19.5 Å². The number of likely N-dealkylation sites (tertiary alicyclic amines) is 1. The van der Waals surface area contributed by atoms with E-state index in [1.807, 2.05) is 24.3 Å². The molecular formula is C35H42FNO4Si. The second-order valence-electron chi connectivity index (χ2n) is 13.2. The highest BCUT2D eigenvalue weighted by Crippen LogP contribution is 2.52. The van der Waals surface area contributed by atoms with Gasteiger partial charge in [0, 0.05) is 41.0 Å². The van der Waals surface area contributed by atoms with Gasteiger partial charge in [0.1, 0.15) is 42.0 Å². The molecule has 0 bridgehead atoms. The lowest BCUT2D eigenvalue weighted by molar-refractivity contribution is 0.183. The summed E-state index contributed by atoms with van der Waals surface area (Å²) < 4.78 is 39.9. The molecule has 6 rings (SSSR count). The SMILES string of the molecule is CC(C)(C)[Si](C)(C)Oc1ccc2c(c1)OCC1=C2C(c2ccc(OCCN3CCCCC3)cc2)Oc2cc(F)ccc21. The fourth-order valence-electron chi connectivity index (χ4n) is 5.75. The van der Waals surface area contributed by atoms with Crippen LogP contribution in [-0.4, -0.2) is 46.1 Å². The van der Waals surface area contributed by atoms with Gasteiger partial charge in [-0.05, 0) is 86.0 Å². The number of ether oxygens (including phenoxy) is 3. The molecule has 1 saturated heterocycles. The van der Waals surface area contributed by atoms with E-state index >= 15 is 0 Å². The predicted molar refractivity (Wildman–Crippen MR) is 169 cm³/mol. The van der Waals surface area contributed by atoms with Crippen molar-refractivity contribution < 1.29 is 23.0 Å². The standard InChI is InChI=1S/C35H42FNO4Si/c1-35(2,3)42(4,5)41-27-14-16-29-31(22-27)39-23-30-28-15-11-25(36)21-32(28)40-34(33(29)30)24-9-12-26(13-10-24)38-20-19-37-17-7-6-8-18-37/h9-16,21-22,34H,6-8,17-20,23H2,1-5H3. The molecule has 0 saturated carbocycles. The molecule has 3 aliphatic heterocycles. The Balaban J connectivity index is 1.29. The van der Waals surface area contributed by atoms with Crippen molar-refractivity contribution in [3.63, 3.8) is 0 Å². The molecule has 3 aliphatic rings. The molecule has 222 valence electrons. The molecule has 3 aromatic carbocycles. The van der Waals surface area contributed by atoms with Gasteiger partial charge >= 0.3 is 0 Å². The van der Waals surface area contributed by atoms with E-state index in [0.29, 0.717) is 19.0 Å². The lowest BCUT2D eigenvalue weighted by atomic mass is 9.84. The van der Waals surface area contributed by atoms with Crippen LogP contribution in [0.3, 0.4) is 0 Å². The van der Waals surface area contributed by atoms with Crippen molar-refractivity contribution in [1.82, 2.24) is 4.90 Å². The molecule has 5 nitrogen and oxygen atoms in total. The van der Waals surface area contributed by atoms with Crippen molar-refractivity contribution in [2.45, 2.75) is 64.3 Å². The lowest BCUT2D eigenvalue weighted by Crippen LogP contribution is -2.43. The van der Waals surface area contributed by atoms with Gasteiger partial charge in [0.15, 0.2) is 6.10 Å². The molecule has 1 atom stereocenters. The van der Waals surface area contributed by atoms with Crippen LogP contribution in [-0.2, 0) is 0 Å². The Kier molecular flexibility index (Phi) is 7.83. The van der Waals surface area contributed by atoms with Crippen molar-refractivity contribution in [1.29, 1.82) is 0 Å². The summed E-state index contributed by atoms with van der Waals surface area (Å²) in [5.41, 5.74) is 4.89. The number of piperidine rings is 1. The van der Waals surface area contributed by atoms with Gasteiger partial charge in [-0.25, -0.2) is 4.39 Å². The summed E-state index contributed by atoms with van der Waals surface area (Å²) in [5.74, 6) is 2.66. The monoisotopic (exact) mass is 587 g/mol. The summed E-state index contributed by atoms with van der Waals surface area (Å²) in [5, 5.41) is 0.0875. The number of hydrogen-bond donors (Lipinski definition) is 0. The Bertz CT molecular complexity index is 1470. The molecule has 42 heavy (non-hydrogen) atoms. The van der Waals surface area contributed by atoms with Crippen LogP contribution in [0.1, 0.15) is 62.8 Å². The molecule has 3 heterocycles. The van der Waals surface area contributed by atoms with Crippen LogP contribution in [0.5, 0.6) is 23.0 Å². The van der Waals surface area contributed by atoms with Gasteiger partial charge in [0.25, 0.3) is 0 Å². The van der Waals surface area contributed by atoms with Crippen molar-refractivity contribution in [3.8, 4) is 23.0 Å². The first kappa shape index (κ1) is 28.8. The van der Waals surface area contributed by atoms with E-state index < -0.39 is 14.4 Å². The minimum Gasteiger partial charge on any atom is -0.543 e. The minimum absolute atomic E-state index is 0.0875. The van der Waals surface area contributed by atoms with Crippen molar-refractivity contribution in [2.75, 3.05) is 32.8 Å². The van der Waals surface area contributed by atoms with Crippen LogP contribution in [0.4, 0.5) is 4.39 Å². The number of halogens is 1. The van der Waals surface area contributed by atoms with E-state index in [-0.39, 0.29) is 10.9 Å². The molecule has 0 spiro atoms. The van der Waals surface area contributed by atoms with Crippen LogP contribution >= 0.6 is 0 Å². The van der Waals surface area contributed by atoms with Gasteiger partial charge in [0.05, 0.1) is 0 Å². The Hall–Kier alpha value is -3.29. The molecule has 0 aliphatic carbocycles. The smallest absolute Gasteiger partial charge is 0.250 e. The number of nitrogens with zero attached hydrogens (tertiary/aromatic N) is 1. The van der Waals surface area contributed by atoms with Crippen LogP contribution < -0.4 is 18.6 Å². The quantitative estimate of drug-likeness (QED) is 0.259. The summed E-state index contributed by atoms with van der Waals surface area (Å²) >= 11 is 0. The first-order chi connectivity index (χ1) is 20.1. The van der Waals surface area contributed by atoms with Crippen molar-refractivity contribution in [3.05, 3.63) is 83.2 Å². The predicted octanol–water partition coefficient (Wildman–Crippen LogP) is 8.51. The van der Waals surface area contributed by atoms with Gasteiger partial charge < -0.3 is 18.6 Å². The molecule has 0 N–H and O–H groups in total. The molecule has 3 aromatic rings. The number of benzene rings is 3. The maximum atomic E-state index is 14.3. The van der Waals surface area contributed by atoms with Crippen LogP contribution in [0.2, 0.25) is 18.1 Å². The average Bonchev–Trinajstić information content (AvgIpc) is 2.96. The topological polar surface area (TPSA) is 40.2 Å². The van der Waals surface area contributed by atoms with Gasteiger partial charge in [-0.15, -0.1) is 0 Å². The summed E-state index contributed by atoms with van der Waals surface area (Å²) in [6, 6.07) is 19.0. The Morgan fingerprint density at radius 2 is 1.60 bits per heavy atom. The molecule has 1 unspecified atom stereocenters. The van der Waals surface area contributed by atoms with Crippen LogP contribution in [0, 0.1) is 5.82 Å². The fraction of sp³-hybridized carbons (Fsp3) is 0.429. The lowest BCUT2D eigenvalue weighted by Gasteiger charge is -2.37. The first-order valence-electron chi connectivity index (χ1n) is 15.2. The maximum absolute atomic E-state index is 14.3. The van der Waals surface area contributed by atoms with E-state index in [2.05, 4.69) is 57.0 Å². The highest BCUT2D eigenvalue weighted by molar-refractivity contribution is 6.74. The van der Waals surface area contributed by atoms with E-state index in [0.717, 1.165) is 64.7 Å². The van der Waals surface area contributed by atoms with E-state index in [9.17, 15) is 4.39 Å². The molecule has 0 amide bonds. The summed E-state index contributed by atoms with van der Waals surface area (Å²) in [7, 11) is -2.01. The third-order valence-electron chi connectivity index (χ3n) is 9.20. The Labute approximate surface area is 250 Å². The van der Waals surface area contributed by atoms with Crippen molar-refractivity contribution in [2.24, 2.45) is 0 Å². The van der Waals surface area contributed by atoms with Crippen LogP contribution in [0.15, 0.2) is 60.7 Å². The van der Waals surface area contributed by atoms with E-state index in [4.69, 9.17) is 18.6 Å². The average molecular weight is 588 g/mol. The zero-order valence-corrected chi connectivity index (χ0v) is 26.5. The van der Waals surface area contributed by atoms with Gasteiger partial charge in [-0.1, -0.05) is 39.3 Å². The van der Waals surface area contributed by atoms with E-state index in [1.54, 1.807) is 6.07 Å². The fourth-order valence-corrected chi connectivity index (χ4v) is 6.77. The highest BCUT2D eigenvalue weighted by atomic mass is 28.4. The number of rotatable bonds is 7. The van der Waals surface area contributed by atoms with Crippen LogP contribution in [0.25, 0.3) is 11.1 Å². The zero-order valence-electron chi connectivity index (χ0n) is 25.5. The Morgan fingerprint density at radius 3 is 2.33 bits per heavy atom. The van der Waals surface area contributed by atoms with Gasteiger partial charge in [-0.2, -0.15) is 0 Å². The number of fused-ring (bicyclic) bond motifs is 4. The summed E-state index contributed by atoms with van der Waals surface area (Å²) in [6.07, 6.45) is 3.48. The largest absolute Gasteiger partial charge is 0.543 e. The second-order valence-corrected chi connectivity index (χ2v) is 17.9. The Morgan fingerprint density at radius 1 is 0.881 bits per heavy atom. The summed E-state index contributed by atoms with van der Waals surface area (Å²) in [4.78, 5) is 2.48. The molecule has 7 heteroatoms. The number of hydrogen-bond acceptors (Lipinski definition) is 5. The molecule has 0 radical (unpaired) electrons. The maximum Gasteiger partial charge on any atom is 0.250 e. The summed E-state index contributed by atoms with van der Waals surface area (Å²) in [6.45, 7) is 15.5. The third-order valence-corrected chi connectivity index (χ3v) is 13.6. The zero-order chi connectivity index (χ0) is 29.5.